The van der Waals surface area contributed by atoms with Crippen LogP contribution >= 0.6 is 0 Å². The van der Waals surface area contributed by atoms with Gasteiger partial charge in [0.1, 0.15) is 50.9 Å². The van der Waals surface area contributed by atoms with Crippen molar-refractivity contribution in [2.45, 2.75) is 32.7 Å². The zero-order valence-corrected chi connectivity index (χ0v) is 27.0. The van der Waals surface area contributed by atoms with Crippen molar-refractivity contribution in [3.63, 3.8) is 0 Å². The topological polar surface area (TPSA) is 324 Å². The van der Waals surface area contributed by atoms with E-state index in [9.17, 15) is 43.5 Å². The molecule has 0 aliphatic rings. The second-order valence-electron chi connectivity index (χ2n) is 11.5. The first-order valence-electron chi connectivity index (χ1n) is 14.6. The van der Waals surface area contributed by atoms with Gasteiger partial charge >= 0.3 is 17.8 Å². The van der Waals surface area contributed by atoms with Gasteiger partial charge in [0.25, 0.3) is 0 Å². The van der Waals surface area contributed by atoms with Gasteiger partial charge in [-0.05, 0) is 21.2 Å². The van der Waals surface area contributed by atoms with Gasteiger partial charge in [-0.1, -0.05) is 15.0 Å². The summed E-state index contributed by atoms with van der Waals surface area (Å²) in [5.74, 6) is -1.35. The lowest BCUT2D eigenvalue weighted by molar-refractivity contribution is -0.397. The highest BCUT2D eigenvalue weighted by Gasteiger charge is 2.35. The Bertz CT molecular complexity index is 1490. The molecule has 0 aliphatic heterocycles. The van der Waals surface area contributed by atoms with Crippen LogP contribution in [-0.4, -0.2) is 139 Å². The molecule has 0 saturated carbocycles. The maximum absolute atomic E-state index is 12.8. The SMILES string of the molecule is O=[N+]([O-])c1nc(CO)cn1CC(CO)(CO)C[18F].O=[N+]([O-])c1nccn1CC(CO)(CO)C[18F].O=[N+]([O-])c1nccn1CCC(CO)(CO)C[18F]. The van der Waals surface area contributed by atoms with E-state index >= 15 is 0 Å². The van der Waals surface area contributed by atoms with Crippen molar-refractivity contribution in [3.8, 4) is 0 Å². The van der Waals surface area contributed by atoms with Crippen molar-refractivity contribution < 1.29 is 63.7 Å². The summed E-state index contributed by atoms with van der Waals surface area (Å²) >= 11 is 0. The Kier molecular flexibility index (Phi) is 18.2. The number of nitro groups is 3. The van der Waals surface area contributed by atoms with E-state index in [0.29, 0.717) is 0 Å². The first kappa shape index (κ1) is 44.4. The molecule has 0 radical (unpaired) electrons. The van der Waals surface area contributed by atoms with Crippen LogP contribution in [0.3, 0.4) is 0 Å². The number of nitrogens with zero attached hydrogens (tertiary/aromatic N) is 9. The molecule has 0 atom stereocenters. The molecule has 0 unspecified atom stereocenters. The molecule has 0 fully saturated rings. The molecule has 288 valence electrons. The van der Waals surface area contributed by atoms with Crippen LogP contribution in [0, 0.1) is 46.6 Å². The summed E-state index contributed by atoms with van der Waals surface area (Å²) in [6.07, 6.45) is 6.45. The molecule has 3 aromatic heterocycles. The molecule has 3 rings (SSSR count). The predicted molar refractivity (Wildman–Crippen MR) is 165 cm³/mol. The molecule has 51 heavy (non-hydrogen) atoms. The molecule has 0 aromatic carbocycles. The normalized spacial score (nSPS) is 11.7. The number of halogens is 3. The van der Waals surface area contributed by atoms with Gasteiger partial charge in [0.2, 0.25) is 0 Å². The van der Waals surface area contributed by atoms with Crippen molar-refractivity contribution in [2.24, 2.45) is 16.2 Å². The van der Waals surface area contributed by atoms with E-state index in [2.05, 4.69) is 15.0 Å². The predicted octanol–water partition coefficient (Wildman–Crippen LogP) is -0.922. The highest BCUT2D eigenvalue weighted by atomic mass is 18.2. The van der Waals surface area contributed by atoms with E-state index in [1.54, 1.807) is 0 Å². The van der Waals surface area contributed by atoms with E-state index < -0.39 is 109 Å². The van der Waals surface area contributed by atoms with E-state index in [-0.39, 0.29) is 37.7 Å². The molecular weight excluding hydrogens is 700 g/mol. The van der Waals surface area contributed by atoms with Crippen LogP contribution in [0.2, 0.25) is 0 Å². The summed E-state index contributed by atoms with van der Waals surface area (Å²) < 4.78 is 41.6. The summed E-state index contributed by atoms with van der Waals surface area (Å²) in [5.41, 5.74) is -4.10. The molecule has 22 nitrogen and oxygen atoms in total. The van der Waals surface area contributed by atoms with E-state index in [4.69, 9.17) is 35.7 Å². The van der Waals surface area contributed by atoms with Crippen molar-refractivity contribution in [1.29, 1.82) is 0 Å². The van der Waals surface area contributed by atoms with Crippen LogP contribution in [0.1, 0.15) is 12.1 Å². The molecular formula is C26H40F3N9O13. The number of aryl methyl sites for hydroxylation is 1. The number of hydrogen-bond donors (Lipinski definition) is 7. The molecule has 7 N–H and O–H groups in total. The fourth-order valence-electron chi connectivity index (χ4n) is 4.04. The molecule has 25 heteroatoms. The third-order valence-electron chi connectivity index (χ3n) is 7.60. The van der Waals surface area contributed by atoms with Gasteiger partial charge in [-0.15, -0.1) is 0 Å². The highest BCUT2D eigenvalue weighted by molar-refractivity contribution is 5.14. The first-order valence-corrected chi connectivity index (χ1v) is 14.6. The Morgan fingerprint density at radius 3 is 1.37 bits per heavy atom. The summed E-state index contributed by atoms with van der Waals surface area (Å²) in [6.45, 7) is -7.34. The van der Waals surface area contributed by atoms with E-state index in [1.165, 1.54) is 35.6 Å². The zero-order valence-electron chi connectivity index (χ0n) is 27.0. The molecule has 3 heterocycles. The third-order valence-corrected chi connectivity index (χ3v) is 7.60. The monoisotopic (exact) mass is 740 g/mol. The Labute approximate surface area is 286 Å². The molecule has 0 bridgehead atoms. The Balaban J connectivity index is 0.000000383. The third kappa shape index (κ3) is 12.0. The molecule has 0 spiro atoms. The van der Waals surface area contributed by atoms with Crippen molar-refractivity contribution in [2.75, 3.05) is 59.7 Å². The van der Waals surface area contributed by atoms with E-state index in [1.807, 2.05) is 0 Å². The maximum atomic E-state index is 12.8. The van der Waals surface area contributed by atoms with Gasteiger partial charge in [-0.3, -0.25) is 13.2 Å². The lowest BCUT2D eigenvalue weighted by Crippen LogP contribution is -2.37. The number of hydrogen-bond acceptors (Lipinski definition) is 16. The molecule has 0 amide bonds. The second kappa shape index (κ2) is 20.9. The number of aliphatic hydroxyl groups excluding tert-OH is 7. The first-order chi connectivity index (χ1) is 24.2. The largest absolute Gasteiger partial charge is 0.434 e. The minimum Gasteiger partial charge on any atom is -0.396 e. The van der Waals surface area contributed by atoms with Crippen molar-refractivity contribution in [1.82, 2.24) is 28.7 Å². The lowest BCUT2D eigenvalue weighted by atomic mass is 9.88. The maximum Gasteiger partial charge on any atom is 0.434 e. The van der Waals surface area contributed by atoms with Gasteiger partial charge in [-0.25, -0.2) is 13.7 Å². The average molecular weight is 741 g/mol. The Morgan fingerprint density at radius 1 is 0.608 bits per heavy atom. The summed E-state index contributed by atoms with van der Waals surface area (Å²) in [6, 6.07) is 0. The number of aliphatic hydroxyl groups is 7. The quantitative estimate of drug-likeness (QED) is 0.0544. The number of imidazole rings is 3. The van der Waals surface area contributed by atoms with Crippen LogP contribution in [0.25, 0.3) is 0 Å². The standard InChI is InChI=1S/C9H14FN3O5.C9H14FN3O4.C8H12FN3O4/c10-3-9(5-15,6-16)4-12-1-7(2-14)11-8(12)13(17)18;10-5-9(6-14,7-15)1-3-12-4-2-11-8(12)13(16)17;9-3-8(5-13,6-14)4-11-2-1-10-7(11)12(15)16/h1,14-16H,2-6H2;2,4,14-15H,1,3,5-7H2;1-2,13-14H,3-6H2/i2*10-1;9-1. The fourth-order valence-corrected chi connectivity index (χ4v) is 4.04. The second-order valence-corrected chi connectivity index (χ2v) is 11.5. The Hall–Kier alpha value is -4.66. The van der Waals surface area contributed by atoms with Gasteiger partial charge in [0.05, 0.1) is 76.8 Å². The van der Waals surface area contributed by atoms with Gasteiger partial charge in [-0.2, -0.15) is 0 Å². The molecule has 0 saturated heterocycles. The van der Waals surface area contributed by atoms with Crippen LogP contribution in [0.4, 0.5) is 31.0 Å². The number of aromatic nitrogens is 6. The van der Waals surface area contributed by atoms with Gasteiger partial charge in [0, 0.05) is 5.41 Å². The van der Waals surface area contributed by atoms with Crippen molar-refractivity contribution >= 4 is 17.8 Å². The molecule has 0 aliphatic carbocycles. The smallest absolute Gasteiger partial charge is 0.396 e. The zero-order chi connectivity index (χ0) is 38.8. The van der Waals surface area contributed by atoms with Crippen molar-refractivity contribution in [3.05, 3.63) is 67.0 Å². The summed E-state index contributed by atoms with van der Waals surface area (Å²) in [4.78, 5) is 40.3. The minimum atomic E-state index is -1.50. The van der Waals surface area contributed by atoms with Crippen LogP contribution in [0.15, 0.2) is 31.0 Å². The van der Waals surface area contributed by atoms with Gasteiger partial charge in [0.15, 0.2) is 5.69 Å². The Morgan fingerprint density at radius 2 is 1.00 bits per heavy atom. The minimum absolute atomic E-state index is 0.0605. The summed E-state index contributed by atoms with van der Waals surface area (Å²) in [7, 11) is 0. The van der Waals surface area contributed by atoms with Gasteiger partial charge < -0.3 is 66.1 Å². The number of rotatable bonds is 20. The molecule has 3 aromatic rings. The lowest BCUT2D eigenvalue weighted by Gasteiger charge is -2.25. The average Bonchev–Trinajstić information content (AvgIpc) is 3.91. The van der Waals surface area contributed by atoms with Crippen LogP contribution in [-0.2, 0) is 26.2 Å². The number of alkyl halides is 3. The highest BCUT2D eigenvalue weighted by Crippen LogP contribution is 2.25. The van der Waals surface area contributed by atoms with Crippen LogP contribution < -0.4 is 0 Å². The summed E-state index contributed by atoms with van der Waals surface area (Å²) in [5, 5.41) is 94.9. The fraction of sp³-hybridized carbons (Fsp3) is 0.654. The van der Waals surface area contributed by atoms with Crippen LogP contribution in [0.5, 0.6) is 0 Å². The van der Waals surface area contributed by atoms with E-state index in [0.717, 1.165) is 9.13 Å².